The van der Waals surface area contributed by atoms with Gasteiger partial charge in [0.2, 0.25) is 0 Å². The highest BCUT2D eigenvalue weighted by Gasteiger charge is 2.44. The maximum atomic E-state index is 16.0. The molecular formula is C30H25F10NO3. The first-order valence-corrected chi connectivity index (χ1v) is 11.7. The molecule has 14 heteroatoms. The molecule has 1 aliphatic heterocycles. The summed E-state index contributed by atoms with van der Waals surface area (Å²) in [5.41, 5.74) is -13.8. The number of carbonyl (C=O) groups is 1. The maximum absolute atomic E-state index is 16.0. The Morgan fingerprint density at radius 1 is 0.932 bits per heavy atom. The van der Waals surface area contributed by atoms with E-state index in [1.165, 1.54) is 0 Å². The van der Waals surface area contributed by atoms with Gasteiger partial charge in [-0.15, -0.1) is 0 Å². The molecule has 1 heterocycles. The van der Waals surface area contributed by atoms with E-state index in [9.17, 15) is 44.3 Å². The largest absolute Gasteiger partial charge is 0.496 e. The second-order valence-corrected chi connectivity index (χ2v) is 9.10. The highest BCUT2D eigenvalue weighted by molar-refractivity contribution is 5.79. The molecule has 1 saturated heterocycles. The van der Waals surface area contributed by atoms with Crippen molar-refractivity contribution in [2.75, 3.05) is 7.04 Å². The molecule has 3 aromatic rings. The van der Waals surface area contributed by atoms with Crippen LogP contribution in [0.2, 0.25) is 0 Å². The average molecular weight is 653 g/mol. The van der Waals surface area contributed by atoms with E-state index in [0.717, 1.165) is 0 Å². The van der Waals surface area contributed by atoms with Gasteiger partial charge in [0.05, 0.1) is 43.1 Å². The lowest BCUT2D eigenvalue weighted by Crippen LogP contribution is -2.32. The van der Waals surface area contributed by atoms with Crippen LogP contribution in [0.3, 0.4) is 0 Å². The quantitative estimate of drug-likeness (QED) is 0.249. The fourth-order valence-corrected chi connectivity index (χ4v) is 4.30. The molecule has 4 rings (SSSR count). The van der Waals surface area contributed by atoms with Crippen molar-refractivity contribution in [2.45, 2.75) is 63.6 Å². The first kappa shape index (κ1) is 18.1. The van der Waals surface area contributed by atoms with Crippen LogP contribution in [0.5, 0.6) is 5.75 Å². The van der Waals surface area contributed by atoms with Gasteiger partial charge in [0.25, 0.3) is 0 Å². The number of nitrogens with zero attached hydrogens (tertiary/aromatic N) is 1. The summed E-state index contributed by atoms with van der Waals surface area (Å²) < 4.78 is 272. The zero-order chi connectivity index (χ0) is 45.7. The molecule has 0 bridgehead atoms. The number of amides is 1. The van der Waals surface area contributed by atoms with Gasteiger partial charge in [-0.05, 0) is 71.9 Å². The summed E-state index contributed by atoms with van der Waals surface area (Å²) in [6.07, 6.45) is -21.7. The van der Waals surface area contributed by atoms with Gasteiger partial charge in [-0.25, -0.2) is 9.18 Å². The number of benzene rings is 3. The van der Waals surface area contributed by atoms with Crippen LogP contribution >= 0.6 is 0 Å². The molecule has 1 fully saturated rings. The van der Waals surface area contributed by atoms with Gasteiger partial charge in [-0.2, -0.15) is 39.5 Å². The third kappa shape index (κ3) is 6.43. The van der Waals surface area contributed by atoms with Gasteiger partial charge < -0.3 is 9.47 Å². The van der Waals surface area contributed by atoms with Crippen LogP contribution in [0.25, 0.3) is 11.1 Å². The lowest BCUT2D eigenvalue weighted by molar-refractivity contribution is -0.143. The first-order chi connectivity index (χ1) is 26.2. The number of hydrogen-bond donors (Lipinski definition) is 0. The Bertz CT molecular complexity index is 2060. The number of halogens is 10. The van der Waals surface area contributed by atoms with Crippen molar-refractivity contribution in [3.63, 3.8) is 0 Å². The van der Waals surface area contributed by atoms with Gasteiger partial charge in [-0.3, -0.25) is 4.90 Å². The standard InChI is InChI=1S/C30H25F10NO3/c1-14(2)24-22(31)7-8-23(43-4)25(24)21-6-5-18(28(32,33)34)11-17(21)13-41-15(3)26(44-27(41)42)16-9-19(29(35,36)37)12-20(10-16)30(38,39)40/h5-12,14-15,26H,13H2,1-4H3/t15-,26-/m0/s1/i1D3,2D3,3D3,4D3,13D2,14D. The average Bonchev–Trinajstić information content (AvgIpc) is 3.40. The molecule has 2 atom stereocenters. The third-order valence-electron chi connectivity index (χ3n) is 6.26. The molecule has 1 amide bonds. The van der Waals surface area contributed by atoms with Gasteiger partial charge in [0.15, 0.2) is 0 Å². The number of alkyl halides is 9. The molecule has 0 spiro atoms. The van der Waals surface area contributed by atoms with Crippen LogP contribution in [0, 0.1) is 5.82 Å². The van der Waals surface area contributed by atoms with Crippen LogP contribution in [0.4, 0.5) is 48.7 Å². The van der Waals surface area contributed by atoms with Gasteiger partial charge in [0.1, 0.15) is 17.7 Å². The van der Waals surface area contributed by atoms with E-state index in [4.69, 9.17) is 30.0 Å². The molecule has 0 aliphatic carbocycles. The van der Waals surface area contributed by atoms with E-state index >= 15 is 4.39 Å². The Morgan fingerprint density at radius 2 is 1.57 bits per heavy atom. The molecule has 1 aliphatic rings. The van der Waals surface area contributed by atoms with E-state index in [1.54, 1.807) is 0 Å². The molecular weight excluding hydrogens is 612 g/mol. The van der Waals surface area contributed by atoms with Crippen molar-refractivity contribution >= 4 is 6.09 Å². The van der Waals surface area contributed by atoms with E-state index in [0.29, 0.717) is 6.07 Å². The Morgan fingerprint density at radius 3 is 2.11 bits per heavy atom. The van der Waals surface area contributed by atoms with E-state index in [2.05, 4.69) is 0 Å². The van der Waals surface area contributed by atoms with Crippen molar-refractivity contribution in [3.8, 4) is 16.9 Å². The van der Waals surface area contributed by atoms with E-state index in [1.807, 2.05) is 0 Å². The highest BCUT2D eigenvalue weighted by atomic mass is 19.4. The maximum Gasteiger partial charge on any atom is 0.416 e. The predicted octanol–water partition coefficient (Wildman–Crippen LogP) is 9.76. The Labute approximate surface area is 266 Å². The molecule has 0 unspecified atom stereocenters. The Balaban J connectivity index is 2.20. The van der Waals surface area contributed by atoms with Crippen LogP contribution in [0.15, 0.2) is 48.5 Å². The van der Waals surface area contributed by atoms with Gasteiger partial charge in [-0.1, -0.05) is 19.8 Å². The minimum Gasteiger partial charge on any atom is -0.496 e. The summed E-state index contributed by atoms with van der Waals surface area (Å²) in [5.74, 6) is -7.53. The van der Waals surface area contributed by atoms with E-state index < -0.39 is 144 Å². The predicted molar refractivity (Wildman–Crippen MR) is 138 cm³/mol. The van der Waals surface area contributed by atoms with Gasteiger partial charge in [0, 0.05) is 24.8 Å². The highest BCUT2D eigenvalue weighted by Crippen LogP contribution is 2.45. The summed E-state index contributed by atoms with van der Waals surface area (Å²) in [6, 6.07) is -2.96. The summed E-state index contributed by atoms with van der Waals surface area (Å²) in [4.78, 5) is 13.0. The molecule has 0 saturated carbocycles. The molecule has 238 valence electrons. The number of cyclic esters (lactones) is 1. The second kappa shape index (κ2) is 11.5. The summed E-state index contributed by atoms with van der Waals surface area (Å²) in [5, 5.41) is 0. The molecule has 0 N–H and O–H groups in total. The Kier molecular flexibility index (Phi) is 4.74. The fraction of sp³-hybridized carbons (Fsp3) is 0.367. The summed E-state index contributed by atoms with van der Waals surface area (Å²) >= 11 is 0. The number of hydrogen-bond acceptors (Lipinski definition) is 3. The lowest BCUT2D eigenvalue weighted by atomic mass is 9.88. The number of rotatable bonds is 6. The smallest absolute Gasteiger partial charge is 0.416 e. The molecule has 44 heavy (non-hydrogen) atoms. The zero-order valence-electron chi connectivity index (χ0n) is 36.2. The normalized spacial score (nSPS) is 24.5. The van der Waals surface area contributed by atoms with Gasteiger partial charge >= 0.3 is 24.6 Å². The topological polar surface area (TPSA) is 38.8 Å². The molecule has 4 nitrogen and oxygen atoms in total. The molecule has 0 aromatic heterocycles. The Hall–Kier alpha value is -3.97. The summed E-state index contributed by atoms with van der Waals surface area (Å²) in [6.45, 7) is -16.5. The van der Waals surface area contributed by atoms with Crippen LogP contribution in [-0.2, 0) is 29.8 Å². The zero-order valence-corrected chi connectivity index (χ0v) is 21.2. The number of ether oxygens (including phenoxy) is 2. The van der Waals surface area contributed by atoms with E-state index in [-0.39, 0.29) is 36.4 Å². The van der Waals surface area contributed by atoms with Crippen molar-refractivity contribution in [1.29, 1.82) is 0 Å². The van der Waals surface area contributed by atoms with Crippen molar-refractivity contribution in [2.24, 2.45) is 0 Å². The monoisotopic (exact) mass is 652 g/mol. The fourth-order valence-electron chi connectivity index (χ4n) is 4.30. The van der Waals surface area contributed by atoms with Crippen LogP contribution in [0.1, 0.15) is 86.5 Å². The van der Waals surface area contributed by atoms with Crippen molar-refractivity contribution < 1.29 is 78.7 Å². The first-order valence-electron chi connectivity index (χ1n) is 19.2. The minimum absolute atomic E-state index is 0.0738. The minimum atomic E-state index is -5.57. The van der Waals surface area contributed by atoms with Crippen LogP contribution < -0.4 is 4.74 Å². The SMILES string of the molecule is [2H]C([2H])([2H])Oc1ccc(F)c(C([2H])(C([2H])([2H])[2H])C([2H])([2H])[2H])c1-c1ccc(C(F)(F)F)cc1C([2H])([2H])N1C(=O)O[C@H](c2cc(C(F)(F)F)cc(C(F)(F)F)c2)[C@@H]1C([2H])([2H])[2H]. The third-order valence-corrected chi connectivity index (χ3v) is 6.26. The molecule has 0 radical (unpaired) electrons. The van der Waals surface area contributed by atoms with Crippen LogP contribution in [-0.4, -0.2) is 24.1 Å². The second-order valence-electron chi connectivity index (χ2n) is 9.10. The molecule has 3 aromatic carbocycles. The van der Waals surface area contributed by atoms with Crippen molar-refractivity contribution in [1.82, 2.24) is 4.90 Å². The number of methoxy groups -OCH3 is 1. The van der Waals surface area contributed by atoms with Crippen molar-refractivity contribution in [3.05, 3.63) is 87.7 Å². The number of carbonyl (C=O) groups excluding carboxylic acids is 1. The lowest BCUT2D eigenvalue weighted by Gasteiger charge is -2.25. The summed E-state index contributed by atoms with van der Waals surface area (Å²) in [7, 11) is -3.67.